The van der Waals surface area contributed by atoms with Crippen molar-refractivity contribution < 1.29 is 131 Å². The number of aliphatic hydroxyl groups is 1. The van der Waals surface area contributed by atoms with Crippen molar-refractivity contribution in [3.05, 3.63) is 0 Å². The molecule has 4 saturated carbocycles. The molecule has 4 heterocycles. The van der Waals surface area contributed by atoms with Crippen molar-refractivity contribution in [1.29, 1.82) is 5.26 Å². The van der Waals surface area contributed by atoms with E-state index in [1.54, 1.807) is 0 Å². The molecular weight excluding hydrogens is 1720 g/mol. The van der Waals surface area contributed by atoms with Crippen LogP contribution in [-0.2, 0) is 90.8 Å². The number of aliphatic hydroxyl groups excluding tert-OH is 1. The molecule has 40 heteroatoms. The van der Waals surface area contributed by atoms with Crippen LogP contribution < -0.4 is 54.0 Å². The van der Waals surface area contributed by atoms with E-state index in [-0.39, 0.29) is 218 Å². The van der Waals surface area contributed by atoms with Gasteiger partial charge in [0.05, 0.1) is 65.4 Å². The molecule has 4 aliphatic heterocycles. The number of amides is 9. The molecule has 0 bridgehead atoms. The highest BCUT2D eigenvalue weighted by Crippen LogP contribution is 2.40. The van der Waals surface area contributed by atoms with Gasteiger partial charge in [-0.3, -0.25) is 57.5 Å². The zero-order valence-electron chi connectivity index (χ0n) is 75.9. The second-order valence-corrected chi connectivity index (χ2v) is 37.1. The Morgan fingerprint density at radius 2 is 0.672 bits per heavy atom. The Morgan fingerprint density at radius 1 is 0.414 bits per heavy atom. The molecule has 4 saturated heterocycles. The smallest absolute Gasteiger partial charge is 0.328 e. The number of alkyl halides is 8. The molecule has 31 nitrogen and oxygen atoms in total. The number of primary amides is 1. The summed E-state index contributed by atoms with van der Waals surface area (Å²) in [6.07, 6.45) is 5.86. The molecule has 0 aromatic rings. The van der Waals surface area contributed by atoms with Crippen LogP contribution >= 0.6 is 12.4 Å². The summed E-state index contributed by atoms with van der Waals surface area (Å²) in [5, 5.41) is 39.3. The summed E-state index contributed by atoms with van der Waals surface area (Å²) >= 11 is 0. The maximum atomic E-state index is 13.3. The van der Waals surface area contributed by atoms with E-state index in [1.165, 1.54) is 14.2 Å². The number of nitrogens with one attached hydrogen (secondary N) is 8. The predicted octanol–water partition coefficient (Wildman–Crippen LogP) is 9.21. The first kappa shape index (κ1) is 114. The van der Waals surface area contributed by atoms with Gasteiger partial charge in [0, 0.05) is 126 Å². The molecule has 12 atom stereocenters. The lowest BCUT2D eigenvalue weighted by Gasteiger charge is -2.28. The van der Waals surface area contributed by atoms with Gasteiger partial charge in [-0.05, 0) is 176 Å². The molecule has 8 rings (SSSR count). The first-order chi connectivity index (χ1) is 59.5. The monoisotopic (exact) mass is 1860 g/mol. The number of carbonyl (C=O) groups excluding carboxylic acids is 14. The Morgan fingerprint density at radius 3 is 0.922 bits per heavy atom. The van der Waals surface area contributed by atoms with Crippen LogP contribution in [0.15, 0.2) is 0 Å². The van der Waals surface area contributed by atoms with Gasteiger partial charge in [0.1, 0.15) is 24.2 Å². The topological polar surface area (TPSA) is 477 Å². The summed E-state index contributed by atoms with van der Waals surface area (Å²) in [5.74, 6) is -19.3. The molecule has 732 valence electrons. The van der Waals surface area contributed by atoms with Crippen LogP contribution in [0.5, 0.6) is 0 Å². The van der Waals surface area contributed by atoms with Gasteiger partial charge in [-0.2, -0.15) is 5.26 Å². The van der Waals surface area contributed by atoms with Gasteiger partial charge in [0.15, 0.2) is 0 Å². The van der Waals surface area contributed by atoms with E-state index in [1.807, 2.05) is 61.5 Å². The third-order valence-electron chi connectivity index (χ3n) is 24.2. The van der Waals surface area contributed by atoms with Crippen LogP contribution in [0.3, 0.4) is 0 Å². The number of nitrogens with two attached hydrogens (primary N) is 2. The minimum atomic E-state index is -2.64. The number of ether oxygens (including phenoxy) is 5. The lowest BCUT2D eigenvalue weighted by atomic mass is 9.87. The van der Waals surface area contributed by atoms with Crippen LogP contribution in [0.2, 0.25) is 0 Å². The number of nitrogens with zero attached hydrogens (tertiary/aromatic N) is 1. The fraction of sp³-hybridized carbons (Fsp3) is 0.830. The zero-order valence-corrected chi connectivity index (χ0v) is 76.7. The second-order valence-electron chi connectivity index (χ2n) is 37.1. The van der Waals surface area contributed by atoms with Gasteiger partial charge in [0.2, 0.25) is 76.9 Å². The van der Waals surface area contributed by atoms with Crippen molar-refractivity contribution in [3.8, 4) is 6.07 Å². The molecular formula is C88H142ClF8N11O20. The van der Waals surface area contributed by atoms with Crippen LogP contribution in [0.25, 0.3) is 0 Å². The van der Waals surface area contributed by atoms with E-state index in [4.69, 9.17) is 40.3 Å². The van der Waals surface area contributed by atoms with Crippen molar-refractivity contribution in [2.75, 3.05) is 66.8 Å². The van der Waals surface area contributed by atoms with Gasteiger partial charge in [-0.25, -0.2) is 44.7 Å². The molecule has 9 amide bonds. The first-order valence-corrected chi connectivity index (χ1v) is 45.1. The fourth-order valence-electron chi connectivity index (χ4n) is 16.5. The molecule has 8 fully saturated rings. The third kappa shape index (κ3) is 44.1. The minimum absolute atomic E-state index is 0. The van der Waals surface area contributed by atoms with Gasteiger partial charge in [-0.15, -0.1) is 12.4 Å². The fourth-order valence-corrected chi connectivity index (χ4v) is 16.5. The number of nitriles is 1. The number of halogens is 9. The quantitative estimate of drug-likeness (QED) is 0.0155. The highest BCUT2D eigenvalue weighted by atomic mass is 35.5. The highest BCUT2D eigenvalue weighted by Gasteiger charge is 2.43. The van der Waals surface area contributed by atoms with E-state index in [0.29, 0.717) is 129 Å². The summed E-state index contributed by atoms with van der Waals surface area (Å²) in [7, 11) is 2.46. The Bertz CT molecular complexity index is 3580. The predicted molar refractivity (Wildman–Crippen MR) is 454 cm³/mol. The molecule has 4 aliphatic carbocycles. The molecule has 13 N–H and O–H groups in total. The maximum Gasteiger partial charge on any atom is 0.328 e. The molecule has 0 spiro atoms. The molecule has 0 radical (unpaired) electrons. The highest BCUT2D eigenvalue weighted by molar-refractivity contribution is 5.92. The van der Waals surface area contributed by atoms with Crippen LogP contribution in [0, 0.1) is 100 Å². The average molecular weight is 1860 g/mol. The van der Waals surface area contributed by atoms with Crippen molar-refractivity contribution >= 4 is 95.4 Å². The first-order valence-electron chi connectivity index (χ1n) is 45.1. The summed E-state index contributed by atoms with van der Waals surface area (Å²) in [4.78, 5) is 171. The number of hydrogen-bond acceptors (Lipinski definition) is 22. The molecule has 128 heavy (non-hydrogen) atoms. The molecule has 0 aromatic heterocycles. The number of carbonyl (C=O) groups is 14. The molecule has 0 unspecified atom stereocenters. The number of methoxy groups -OCH3 is 2. The normalized spacial score (nSPS) is 22.5. The summed E-state index contributed by atoms with van der Waals surface area (Å²) < 4.78 is 130. The van der Waals surface area contributed by atoms with Gasteiger partial charge in [0.25, 0.3) is 0 Å². The number of hydrogen-bond donors (Lipinski definition) is 11. The van der Waals surface area contributed by atoms with Crippen molar-refractivity contribution in [1.82, 2.24) is 42.5 Å². The largest absolute Gasteiger partial charge is 0.467 e. The van der Waals surface area contributed by atoms with Gasteiger partial charge < -0.3 is 82.8 Å². The Kier molecular flexibility index (Phi) is 50.2. The van der Waals surface area contributed by atoms with Gasteiger partial charge >= 0.3 is 29.8 Å². The maximum absolute atomic E-state index is 13.3. The Balaban J connectivity index is 0.000000427. The van der Waals surface area contributed by atoms with E-state index >= 15 is 0 Å². The second kappa shape index (κ2) is 56.4. The van der Waals surface area contributed by atoms with Crippen molar-refractivity contribution in [2.24, 2.45) is 100 Å². The minimum Gasteiger partial charge on any atom is -0.467 e. The molecule has 0 aromatic carbocycles. The van der Waals surface area contributed by atoms with E-state index in [0.717, 1.165) is 0 Å². The summed E-state index contributed by atoms with van der Waals surface area (Å²) in [6, 6.07) is -2.29. The van der Waals surface area contributed by atoms with Crippen LogP contribution in [-0.4, -0.2) is 209 Å². The number of esters is 5. The van der Waals surface area contributed by atoms with Crippen LogP contribution in [0.1, 0.15) is 254 Å². The average Bonchev–Trinajstić information content (AvgIpc) is 1.71. The lowest BCUT2D eigenvalue weighted by Crippen LogP contribution is -2.50. The summed E-state index contributed by atoms with van der Waals surface area (Å²) in [6.45, 7) is 17.9. The Labute approximate surface area is 752 Å². The zero-order chi connectivity index (χ0) is 95.1. The van der Waals surface area contributed by atoms with E-state index < -0.39 is 143 Å². The van der Waals surface area contributed by atoms with Crippen molar-refractivity contribution in [3.63, 3.8) is 0 Å². The SMILES string of the molecule is CC(C)C[C@H](CC(=O)OCC1CCC(F)(F)CC1)C(=O)N[C@@H](C[C@@H]1CCNC1=O)C(N)=O.CC(C)C[C@H](CC(=O)OCC1CCC(F)(F)CC1)C(=O)N[C@H](C#N)C[C@@H]1CCNC1=O.COC(=O)[C@H](C[C@@H]1CCNC1=O)NC(=O)[C@@H](CC(=O)OCC1CCC(F)(F)CC1)CC(C)C.COC(=O)[C@H](C[C@@H]1CCNC1=O)NC(=O)[C@@H](N)CC(C)C.Cl.OCC1CCC(F)(F)CC1. The van der Waals surface area contributed by atoms with Gasteiger partial charge in [-0.1, -0.05) is 55.4 Å². The Hall–Kier alpha value is -8.28. The van der Waals surface area contributed by atoms with E-state index in [2.05, 4.69) is 42.5 Å². The third-order valence-corrected chi connectivity index (χ3v) is 24.2. The summed E-state index contributed by atoms with van der Waals surface area (Å²) in [5.41, 5.74) is 11.2. The number of rotatable bonds is 40. The van der Waals surface area contributed by atoms with Crippen LogP contribution in [0.4, 0.5) is 35.1 Å². The molecule has 8 aliphatic rings. The van der Waals surface area contributed by atoms with E-state index in [9.17, 15) is 108 Å². The lowest BCUT2D eigenvalue weighted by molar-refractivity contribution is -0.151. The van der Waals surface area contributed by atoms with Crippen molar-refractivity contribution in [2.45, 2.75) is 308 Å². The standard InChI is InChI=1S/C23H36F2N2O6.C22H35F2N3O5.C22H33F2N3O4.C14H25N3O4.C7H12F2O.ClH/c1-14(2)10-17(12-19(28)33-13-15-4-7-23(24,25)8-5-15)21(30)27-18(22(31)32-3)11-16-6-9-26-20(16)29;1-13(2)9-16(11-18(28)32-12-14-3-6-22(23,24)7-4-14)21(31)27-17(19(25)29)10-15-5-8-26-20(15)30;1-14(2)9-17(11-19(28)31-13-15-3-6-22(23,24)7-4-15)21(30)27-18(12-25)10-16-5-8-26-20(16)29;1-8(2)6-10(15)13(19)17-11(14(20)21-3)7-9-4-5-16-12(9)18;8-7(9)3-1-6(5-10)2-4-7;/h14-18H,4-13H2,1-3H3,(H,26,29)(H,27,30);13-17H,3-12H2,1-2H3,(H2,25,29)(H,26,30)(H,27,31);14-18H,3-11,13H2,1-2H3,(H,26,29)(H,27,30);8-11H,4-7,15H2,1-3H3,(H,16,18)(H,17,19);6,10H,1-5H2;1H/t16-,17+,18-;15-,16+,17-;16-,17+,18-;9-,10-,11-;;/m0000../s1.